The molecule has 2 atom stereocenters. The summed E-state index contributed by atoms with van der Waals surface area (Å²) in [6.45, 7) is 7.53. The van der Waals surface area contributed by atoms with E-state index in [1.807, 2.05) is 25.1 Å². The van der Waals surface area contributed by atoms with E-state index in [4.69, 9.17) is 5.11 Å². The Balaban J connectivity index is 2.64. The van der Waals surface area contributed by atoms with Gasteiger partial charge in [-0.3, -0.25) is 9.59 Å². The lowest BCUT2D eigenvalue weighted by Gasteiger charge is -2.29. The fraction of sp³-hybridized carbons (Fsp3) is 0.500. The van der Waals surface area contributed by atoms with Gasteiger partial charge in [-0.15, -0.1) is 0 Å². The number of hydrogen-bond donors (Lipinski definition) is 2. The molecule has 0 saturated heterocycles. The molecule has 0 aliphatic rings. The normalized spacial score (nSPS) is 14.4. The molecule has 110 valence electrons. The molecule has 2 unspecified atom stereocenters. The molecular weight excluding hydrogens is 254 g/mol. The molecule has 0 heterocycles. The van der Waals surface area contributed by atoms with Gasteiger partial charge < -0.3 is 10.4 Å². The van der Waals surface area contributed by atoms with E-state index in [1.54, 1.807) is 0 Å². The topological polar surface area (TPSA) is 66.4 Å². The highest BCUT2D eigenvalue weighted by molar-refractivity contribution is 5.96. The van der Waals surface area contributed by atoms with Gasteiger partial charge in [0.05, 0.1) is 0 Å². The lowest BCUT2D eigenvalue weighted by Crippen LogP contribution is -2.41. The fourth-order valence-corrected chi connectivity index (χ4v) is 2.30. The Labute approximate surface area is 120 Å². The molecule has 0 aliphatic heterocycles. The number of carboxylic acids is 1. The number of amides is 1. The van der Waals surface area contributed by atoms with Crippen molar-refractivity contribution in [2.45, 2.75) is 45.6 Å². The molecule has 1 aromatic carbocycles. The zero-order valence-corrected chi connectivity index (χ0v) is 12.5. The number of benzene rings is 1. The Kier molecular flexibility index (Phi) is 5.31. The maximum atomic E-state index is 11.7. The SMILES string of the molecule is CC(CC(C)(C)c1ccccc1)NC(=O)C(C)C(=O)O. The van der Waals surface area contributed by atoms with E-state index in [2.05, 4.69) is 31.3 Å². The van der Waals surface area contributed by atoms with Gasteiger partial charge in [-0.2, -0.15) is 0 Å². The van der Waals surface area contributed by atoms with Gasteiger partial charge >= 0.3 is 5.97 Å². The van der Waals surface area contributed by atoms with Crippen molar-refractivity contribution in [2.24, 2.45) is 5.92 Å². The van der Waals surface area contributed by atoms with Gasteiger partial charge in [-0.1, -0.05) is 44.2 Å². The van der Waals surface area contributed by atoms with Crippen molar-refractivity contribution in [3.05, 3.63) is 35.9 Å². The lowest BCUT2D eigenvalue weighted by molar-refractivity contribution is -0.146. The summed E-state index contributed by atoms with van der Waals surface area (Å²) >= 11 is 0. The minimum atomic E-state index is -1.10. The van der Waals surface area contributed by atoms with E-state index < -0.39 is 17.8 Å². The van der Waals surface area contributed by atoms with Gasteiger partial charge in [0.1, 0.15) is 5.92 Å². The van der Waals surface area contributed by atoms with Gasteiger partial charge in [0, 0.05) is 6.04 Å². The number of carbonyl (C=O) groups is 2. The molecule has 4 heteroatoms. The van der Waals surface area contributed by atoms with Crippen LogP contribution in [0.2, 0.25) is 0 Å². The smallest absolute Gasteiger partial charge is 0.315 e. The highest BCUT2D eigenvalue weighted by Gasteiger charge is 2.26. The molecule has 0 bridgehead atoms. The van der Waals surface area contributed by atoms with Gasteiger partial charge in [-0.25, -0.2) is 0 Å². The summed E-state index contributed by atoms with van der Waals surface area (Å²) in [6, 6.07) is 10.0. The second-order valence-electron chi connectivity index (χ2n) is 5.92. The lowest BCUT2D eigenvalue weighted by atomic mass is 9.79. The van der Waals surface area contributed by atoms with Crippen LogP contribution in [-0.2, 0) is 15.0 Å². The predicted molar refractivity (Wildman–Crippen MR) is 78.5 cm³/mol. The van der Waals surface area contributed by atoms with Crippen LogP contribution in [0.25, 0.3) is 0 Å². The molecule has 1 amide bonds. The van der Waals surface area contributed by atoms with E-state index in [-0.39, 0.29) is 11.5 Å². The highest BCUT2D eigenvalue weighted by Crippen LogP contribution is 2.28. The third-order valence-electron chi connectivity index (χ3n) is 3.52. The summed E-state index contributed by atoms with van der Waals surface area (Å²) < 4.78 is 0. The van der Waals surface area contributed by atoms with Crippen LogP contribution in [0.3, 0.4) is 0 Å². The second kappa shape index (κ2) is 6.55. The van der Waals surface area contributed by atoms with E-state index in [0.29, 0.717) is 0 Å². The quantitative estimate of drug-likeness (QED) is 0.785. The van der Waals surface area contributed by atoms with Crippen molar-refractivity contribution >= 4 is 11.9 Å². The maximum Gasteiger partial charge on any atom is 0.315 e. The van der Waals surface area contributed by atoms with E-state index in [9.17, 15) is 9.59 Å². The Bertz CT molecular complexity index is 468. The Morgan fingerprint density at radius 2 is 1.75 bits per heavy atom. The van der Waals surface area contributed by atoms with Crippen molar-refractivity contribution in [3.8, 4) is 0 Å². The maximum absolute atomic E-state index is 11.7. The summed E-state index contributed by atoms with van der Waals surface area (Å²) in [5.41, 5.74) is 1.12. The molecule has 4 nitrogen and oxygen atoms in total. The average molecular weight is 277 g/mol. The first kappa shape index (κ1) is 16.2. The summed E-state index contributed by atoms with van der Waals surface area (Å²) in [5.74, 6) is -2.55. The summed E-state index contributed by atoms with van der Waals surface area (Å²) in [4.78, 5) is 22.5. The van der Waals surface area contributed by atoms with Gasteiger partial charge in [0.2, 0.25) is 5.91 Å². The van der Waals surface area contributed by atoms with Crippen molar-refractivity contribution in [3.63, 3.8) is 0 Å². The minimum absolute atomic E-state index is 0.0829. The molecule has 1 aromatic rings. The summed E-state index contributed by atoms with van der Waals surface area (Å²) in [6.07, 6.45) is 0.745. The largest absolute Gasteiger partial charge is 0.481 e. The number of rotatable bonds is 6. The van der Waals surface area contributed by atoms with Crippen LogP contribution >= 0.6 is 0 Å². The van der Waals surface area contributed by atoms with Crippen LogP contribution in [0.15, 0.2) is 30.3 Å². The van der Waals surface area contributed by atoms with Crippen molar-refractivity contribution < 1.29 is 14.7 Å². The zero-order valence-electron chi connectivity index (χ0n) is 12.5. The third-order valence-corrected chi connectivity index (χ3v) is 3.52. The van der Waals surface area contributed by atoms with E-state index >= 15 is 0 Å². The monoisotopic (exact) mass is 277 g/mol. The Morgan fingerprint density at radius 1 is 1.20 bits per heavy atom. The second-order valence-corrected chi connectivity index (χ2v) is 5.92. The Hall–Kier alpha value is -1.84. The van der Waals surface area contributed by atoms with Gasteiger partial charge in [0.15, 0.2) is 0 Å². The van der Waals surface area contributed by atoms with E-state index in [0.717, 1.165) is 6.42 Å². The standard InChI is InChI=1S/C16H23NO3/c1-11(17-14(18)12(2)15(19)20)10-16(3,4)13-8-6-5-7-9-13/h5-9,11-12H,10H2,1-4H3,(H,17,18)(H,19,20). The number of aliphatic carboxylic acids is 1. The summed E-state index contributed by atoms with van der Waals surface area (Å²) in [7, 11) is 0. The third kappa shape index (κ3) is 4.37. The number of hydrogen-bond acceptors (Lipinski definition) is 2. The molecule has 2 N–H and O–H groups in total. The minimum Gasteiger partial charge on any atom is -0.481 e. The number of carbonyl (C=O) groups excluding carboxylic acids is 1. The number of carboxylic acid groups (broad SMARTS) is 1. The molecule has 0 radical (unpaired) electrons. The number of nitrogens with one attached hydrogen (secondary N) is 1. The van der Waals surface area contributed by atoms with Crippen LogP contribution in [0.1, 0.15) is 39.7 Å². The first-order chi connectivity index (χ1) is 9.24. The van der Waals surface area contributed by atoms with Crippen molar-refractivity contribution in [1.82, 2.24) is 5.32 Å². The molecule has 0 aliphatic carbocycles. The van der Waals surface area contributed by atoms with Crippen LogP contribution < -0.4 is 5.32 Å². The summed E-state index contributed by atoms with van der Waals surface area (Å²) in [5, 5.41) is 11.6. The van der Waals surface area contributed by atoms with Crippen molar-refractivity contribution in [1.29, 1.82) is 0 Å². The zero-order chi connectivity index (χ0) is 15.3. The molecule has 0 spiro atoms. The van der Waals surface area contributed by atoms with Gasteiger partial charge in [-0.05, 0) is 31.2 Å². The van der Waals surface area contributed by atoms with Crippen molar-refractivity contribution in [2.75, 3.05) is 0 Å². The van der Waals surface area contributed by atoms with Gasteiger partial charge in [0.25, 0.3) is 0 Å². The molecule has 20 heavy (non-hydrogen) atoms. The molecule has 0 fully saturated rings. The molecule has 1 rings (SSSR count). The first-order valence-electron chi connectivity index (χ1n) is 6.83. The fourth-order valence-electron chi connectivity index (χ4n) is 2.30. The molecule has 0 saturated carbocycles. The predicted octanol–water partition coefficient (Wildman–Crippen LogP) is 2.58. The molecule has 0 aromatic heterocycles. The van der Waals surface area contributed by atoms with Crippen LogP contribution in [0.4, 0.5) is 0 Å². The van der Waals surface area contributed by atoms with Crippen LogP contribution in [0.5, 0.6) is 0 Å². The average Bonchev–Trinajstić information content (AvgIpc) is 2.37. The Morgan fingerprint density at radius 3 is 2.25 bits per heavy atom. The molecular formula is C16H23NO3. The first-order valence-corrected chi connectivity index (χ1v) is 6.83. The van der Waals surface area contributed by atoms with E-state index in [1.165, 1.54) is 12.5 Å². The van der Waals surface area contributed by atoms with Crippen LogP contribution in [-0.4, -0.2) is 23.0 Å². The van der Waals surface area contributed by atoms with Crippen LogP contribution in [0, 0.1) is 5.92 Å². The highest BCUT2D eigenvalue weighted by atomic mass is 16.4.